The van der Waals surface area contributed by atoms with E-state index in [-0.39, 0.29) is 13.2 Å². The molecule has 0 aromatic carbocycles. The second-order valence-corrected chi connectivity index (χ2v) is 6.08. The second kappa shape index (κ2) is 20.8. The van der Waals surface area contributed by atoms with Crippen LogP contribution in [0.15, 0.2) is 0 Å². The lowest BCUT2D eigenvalue weighted by molar-refractivity contribution is 0.0859. The van der Waals surface area contributed by atoms with Crippen molar-refractivity contribution in [2.75, 3.05) is 13.2 Å². The van der Waals surface area contributed by atoms with E-state index in [0.717, 1.165) is 25.7 Å². The molecular weight excluding hydrogens is 280 g/mol. The number of aliphatic hydroxyl groups excluding tert-OH is 4. The number of unbranched alkanes of at least 4 members (excludes halogenated alkanes) is 8. The van der Waals surface area contributed by atoms with Crippen molar-refractivity contribution in [2.24, 2.45) is 0 Å². The van der Waals surface area contributed by atoms with Gasteiger partial charge in [0.05, 0.1) is 25.4 Å². The van der Waals surface area contributed by atoms with Gasteiger partial charge < -0.3 is 20.4 Å². The highest BCUT2D eigenvalue weighted by Gasteiger charge is 2.00. The molecule has 22 heavy (non-hydrogen) atoms. The van der Waals surface area contributed by atoms with Gasteiger partial charge >= 0.3 is 0 Å². The molecule has 0 saturated carbocycles. The molecule has 0 aromatic rings. The summed E-state index contributed by atoms with van der Waals surface area (Å²) in [7, 11) is 0. The molecular formula is C18H40O4. The average molecular weight is 321 g/mol. The molecule has 0 fully saturated rings. The van der Waals surface area contributed by atoms with Crippen LogP contribution in [0.25, 0.3) is 0 Å². The largest absolute Gasteiger partial charge is 0.394 e. The number of hydrogen-bond acceptors (Lipinski definition) is 4. The normalized spacial score (nSPS) is 13.4. The van der Waals surface area contributed by atoms with Gasteiger partial charge in [-0.1, -0.05) is 78.1 Å². The Bertz CT molecular complexity index is 168. The van der Waals surface area contributed by atoms with Crippen LogP contribution in [-0.4, -0.2) is 45.8 Å². The van der Waals surface area contributed by atoms with Crippen molar-refractivity contribution in [1.82, 2.24) is 0 Å². The fourth-order valence-electron chi connectivity index (χ4n) is 2.15. The fraction of sp³-hybridized carbons (Fsp3) is 1.00. The smallest absolute Gasteiger partial charge is 0.0770 e. The van der Waals surface area contributed by atoms with Crippen LogP contribution in [0.2, 0.25) is 0 Å². The van der Waals surface area contributed by atoms with Crippen molar-refractivity contribution in [3.63, 3.8) is 0 Å². The summed E-state index contributed by atoms with van der Waals surface area (Å²) >= 11 is 0. The van der Waals surface area contributed by atoms with E-state index < -0.39 is 12.2 Å². The quantitative estimate of drug-likeness (QED) is 0.370. The zero-order valence-corrected chi connectivity index (χ0v) is 14.8. The summed E-state index contributed by atoms with van der Waals surface area (Å²) in [5.74, 6) is 0. The molecule has 0 aliphatic carbocycles. The Balaban J connectivity index is 0. The van der Waals surface area contributed by atoms with Crippen molar-refractivity contribution < 1.29 is 20.4 Å². The van der Waals surface area contributed by atoms with E-state index in [0.29, 0.717) is 0 Å². The first kappa shape index (κ1) is 24.1. The lowest BCUT2D eigenvalue weighted by Crippen LogP contribution is -2.10. The van der Waals surface area contributed by atoms with Crippen molar-refractivity contribution in [1.29, 1.82) is 0 Å². The molecule has 0 rings (SSSR count). The Hall–Kier alpha value is -0.160. The van der Waals surface area contributed by atoms with Gasteiger partial charge in [0, 0.05) is 0 Å². The minimum Gasteiger partial charge on any atom is -0.394 e. The van der Waals surface area contributed by atoms with Gasteiger partial charge in [-0.05, 0) is 12.8 Å². The van der Waals surface area contributed by atoms with E-state index in [4.69, 9.17) is 20.4 Å². The molecule has 0 spiro atoms. The highest BCUT2D eigenvalue weighted by molar-refractivity contribution is 4.53. The summed E-state index contributed by atoms with van der Waals surface area (Å²) in [4.78, 5) is 0. The van der Waals surface area contributed by atoms with Gasteiger partial charge in [0.15, 0.2) is 0 Å². The van der Waals surface area contributed by atoms with Gasteiger partial charge in [0.1, 0.15) is 0 Å². The molecule has 0 saturated heterocycles. The van der Waals surface area contributed by atoms with Gasteiger partial charge in [-0.2, -0.15) is 0 Å². The first-order valence-electron chi connectivity index (χ1n) is 9.20. The molecule has 136 valence electrons. The molecule has 0 aliphatic heterocycles. The third kappa shape index (κ3) is 22.1. The molecule has 4 heteroatoms. The Morgan fingerprint density at radius 2 is 0.864 bits per heavy atom. The Labute approximate surface area is 137 Å². The molecule has 4 N–H and O–H groups in total. The topological polar surface area (TPSA) is 80.9 Å². The molecule has 0 heterocycles. The van der Waals surface area contributed by atoms with Gasteiger partial charge in [-0.15, -0.1) is 0 Å². The van der Waals surface area contributed by atoms with E-state index in [9.17, 15) is 0 Å². The zero-order valence-electron chi connectivity index (χ0n) is 14.8. The van der Waals surface area contributed by atoms with Crippen LogP contribution in [0.5, 0.6) is 0 Å². The maximum Gasteiger partial charge on any atom is 0.0770 e. The average Bonchev–Trinajstić information content (AvgIpc) is 2.54. The molecule has 0 amide bonds. The van der Waals surface area contributed by atoms with E-state index in [1.54, 1.807) is 0 Å². The van der Waals surface area contributed by atoms with Crippen LogP contribution < -0.4 is 0 Å². The predicted octanol–water partition coefficient (Wildman–Crippen LogP) is 3.40. The van der Waals surface area contributed by atoms with Crippen LogP contribution in [0.4, 0.5) is 0 Å². The molecule has 2 atom stereocenters. The molecule has 4 nitrogen and oxygen atoms in total. The Morgan fingerprint density at radius 1 is 0.545 bits per heavy atom. The predicted molar refractivity (Wildman–Crippen MR) is 92.9 cm³/mol. The van der Waals surface area contributed by atoms with Crippen molar-refractivity contribution >= 4 is 0 Å². The van der Waals surface area contributed by atoms with Crippen LogP contribution in [0.1, 0.15) is 90.9 Å². The van der Waals surface area contributed by atoms with Crippen LogP contribution >= 0.6 is 0 Å². The lowest BCUT2D eigenvalue weighted by atomic mass is 10.1. The first-order valence-corrected chi connectivity index (χ1v) is 9.20. The minimum absolute atomic E-state index is 0.0895. The number of aliphatic hydroxyl groups is 4. The zero-order chi connectivity index (χ0) is 17.1. The van der Waals surface area contributed by atoms with E-state index in [1.807, 2.05) is 0 Å². The van der Waals surface area contributed by atoms with Gasteiger partial charge in [-0.25, -0.2) is 0 Å². The lowest BCUT2D eigenvalue weighted by Gasteiger charge is -2.05. The molecule has 2 unspecified atom stereocenters. The second-order valence-electron chi connectivity index (χ2n) is 6.08. The van der Waals surface area contributed by atoms with E-state index in [2.05, 4.69) is 13.8 Å². The summed E-state index contributed by atoms with van der Waals surface area (Å²) in [6.45, 7) is 4.19. The van der Waals surface area contributed by atoms with Crippen LogP contribution in [0.3, 0.4) is 0 Å². The fourth-order valence-corrected chi connectivity index (χ4v) is 2.15. The highest BCUT2D eigenvalue weighted by Crippen LogP contribution is 2.07. The Kier molecular flexibility index (Phi) is 22.8. The summed E-state index contributed by atoms with van der Waals surface area (Å²) in [5, 5.41) is 34.9. The van der Waals surface area contributed by atoms with E-state index in [1.165, 1.54) is 51.4 Å². The van der Waals surface area contributed by atoms with Gasteiger partial charge in [-0.3, -0.25) is 0 Å². The molecule has 0 radical (unpaired) electrons. The third-order valence-electron chi connectivity index (χ3n) is 3.70. The monoisotopic (exact) mass is 320 g/mol. The molecule has 0 bridgehead atoms. The Morgan fingerprint density at radius 3 is 1.14 bits per heavy atom. The minimum atomic E-state index is -0.489. The van der Waals surface area contributed by atoms with Crippen molar-refractivity contribution in [3.05, 3.63) is 0 Å². The molecule has 0 aromatic heterocycles. The maximum atomic E-state index is 8.96. The number of hydrogen-bond donors (Lipinski definition) is 4. The van der Waals surface area contributed by atoms with Crippen LogP contribution in [0, 0.1) is 0 Å². The molecule has 0 aliphatic rings. The highest BCUT2D eigenvalue weighted by atomic mass is 16.3. The standard InChI is InChI=1S/2C9H20O2/c2*1-2-3-4-5-6-7-9(11)8-10/h2*9-11H,2-8H2,1H3. The van der Waals surface area contributed by atoms with Crippen molar-refractivity contribution in [3.8, 4) is 0 Å². The van der Waals surface area contributed by atoms with Gasteiger partial charge in [0.2, 0.25) is 0 Å². The summed E-state index contributed by atoms with van der Waals surface area (Å²) in [6, 6.07) is 0. The first-order chi connectivity index (χ1) is 10.6. The van der Waals surface area contributed by atoms with Gasteiger partial charge in [0.25, 0.3) is 0 Å². The van der Waals surface area contributed by atoms with Crippen LogP contribution in [-0.2, 0) is 0 Å². The SMILES string of the molecule is CCCCCCCC(O)CO.CCCCCCCC(O)CO. The summed E-state index contributed by atoms with van der Waals surface area (Å²) < 4.78 is 0. The maximum absolute atomic E-state index is 8.96. The summed E-state index contributed by atoms with van der Waals surface area (Å²) in [5.41, 5.74) is 0. The summed E-state index contributed by atoms with van der Waals surface area (Å²) in [6.07, 6.45) is 12.6. The third-order valence-corrected chi connectivity index (χ3v) is 3.70. The van der Waals surface area contributed by atoms with Crippen molar-refractivity contribution in [2.45, 2.75) is 103 Å². The number of rotatable bonds is 14. The van der Waals surface area contributed by atoms with E-state index >= 15 is 0 Å².